The summed E-state index contributed by atoms with van der Waals surface area (Å²) in [6.45, 7) is 3.62. The summed E-state index contributed by atoms with van der Waals surface area (Å²) < 4.78 is 0. The van der Waals surface area contributed by atoms with Gasteiger partial charge in [-0.25, -0.2) is 0 Å². The van der Waals surface area contributed by atoms with E-state index in [0.29, 0.717) is 6.04 Å². The van der Waals surface area contributed by atoms with E-state index < -0.39 is 0 Å². The molecule has 2 heteroatoms. The van der Waals surface area contributed by atoms with Crippen molar-refractivity contribution < 1.29 is 0 Å². The van der Waals surface area contributed by atoms with Gasteiger partial charge in [0.05, 0.1) is 0 Å². The Balaban J connectivity index is 1.80. The zero-order valence-electron chi connectivity index (χ0n) is 9.64. The molecule has 2 fully saturated rings. The minimum atomic E-state index is 0.566. The van der Waals surface area contributed by atoms with Gasteiger partial charge in [0.25, 0.3) is 0 Å². The van der Waals surface area contributed by atoms with Crippen LogP contribution in [-0.2, 0) is 0 Å². The summed E-state index contributed by atoms with van der Waals surface area (Å²) in [5.74, 6) is 0.885. The molecule has 16 heavy (non-hydrogen) atoms. The van der Waals surface area contributed by atoms with Gasteiger partial charge in [0.2, 0.25) is 0 Å². The van der Waals surface area contributed by atoms with Crippen LogP contribution < -0.4 is 0 Å². The van der Waals surface area contributed by atoms with Crippen molar-refractivity contribution >= 4 is 15.9 Å². The molecule has 0 spiro atoms. The number of nitrogens with zero attached hydrogens (tertiary/aromatic N) is 1. The fourth-order valence-electron chi connectivity index (χ4n) is 3.33. The summed E-state index contributed by atoms with van der Waals surface area (Å²) in [5.41, 5.74) is 1.45. The minimum Gasteiger partial charge on any atom is -0.292 e. The lowest BCUT2D eigenvalue weighted by molar-refractivity contribution is 0.161. The molecule has 1 aromatic rings. The quantitative estimate of drug-likeness (QED) is 0.748. The van der Waals surface area contributed by atoms with Gasteiger partial charge in [-0.15, -0.1) is 0 Å². The highest BCUT2D eigenvalue weighted by Crippen LogP contribution is 2.45. The summed E-state index contributed by atoms with van der Waals surface area (Å²) in [4.78, 5) is 3.42. The molecule has 1 nitrogen and oxygen atoms in total. The number of alkyl halides is 1. The Kier molecular flexibility index (Phi) is 2.80. The van der Waals surface area contributed by atoms with Gasteiger partial charge in [0.15, 0.2) is 0 Å². The Morgan fingerprint density at radius 2 is 2.00 bits per heavy atom. The van der Waals surface area contributed by atoms with Crippen molar-refractivity contribution in [3.63, 3.8) is 0 Å². The van der Waals surface area contributed by atoms with Gasteiger partial charge in [0, 0.05) is 23.5 Å². The van der Waals surface area contributed by atoms with Gasteiger partial charge < -0.3 is 0 Å². The van der Waals surface area contributed by atoms with Crippen molar-refractivity contribution in [2.75, 3.05) is 6.54 Å². The topological polar surface area (TPSA) is 3.24 Å². The zero-order chi connectivity index (χ0) is 11.1. The maximum absolute atomic E-state index is 3.87. The molecule has 1 saturated carbocycles. The van der Waals surface area contributed by atoms with Gasteiger partial charge in [0.1, 0.15) is 0 Å². The van der Waals surface area contributed by atoms with Crippen LogP contribution in [0.4, 0.5) is 0 Å². The highest BCUT2D eigenvalue weighted by atomic mass is 79.9. The zero-order valence-corrected chi connectivity index (χ0v) is 11.2. The van der Waals surface area contributed by atoms with Crippen molar-refractivity contribution in [2.45, 2.75) is 36.7 Å². The monoisotopic (exact) mass is 279 g/mol. The standard InChI is InChI=1S/C14H18BrN/c1-10(11-5-3-2-4-6-11)16-9-12-7-8-13(16)14(12)15/h2-6,10,12-14H,7-9H2,1H3/t10-,12?,13?,14-/m0/s1. The molecule has 0 amide bonds. The number of hydrogen-bond donors (Lipinski definition) is 0. The SMILES string of the molecule is C[C@@H](c1ccccc1)N1CC2CCC1[C@H]2Br. The van der Waals surface area contributed by atoms with Crippen LogP contribution in [0, 0.1) is 5.92 Å². The second kappa shape index (κ2) is 4.15. The molecule has 1 heterocycles. The Labute approximate surface area is 106 Å². The highest BCUT2D eigenvalue weighted by Gasteiger charge is 2.46. The first kappa shape index (κ1) is 10.8. The first-order valence-corrected chi connectivity index (χ1v) is 7.13. The molecule has 4 atom stereocenters. The highest BCUT2D eigenvalue weighted by molar-refractivity contribution is 9.09. The van der Waals surface area contributed by atoms with E-state index in [1.807, 2.05) is 0 Å². The second-order valence-corrected chi connectivity index (χ2v) is 6.19. The normalized spacial score (nSPS) is 35.5. The van der Waals surface area contributed by atoms with Gasteiger partial charge >= 0.3 is 0 Å². The lowest BCUT2D eigenvalue weighted by Gasteiger charge is -2.33. The Morgan fingerprint density at radius 1 is 1.25 bits per heavy atom. The van der Waals surface area contributed by atoms with E-state index in [1.54, 1.807) is 0 Å². The maximum atomic E-state index is 3.87. The Morgan fingerprint density at radius 3 is 2.56 bits per heavy atom. The van der Waals surface area contributed by atoms with E-state index in [9.17, 15) is 0 Å². The Hall–Kier alpha value is -0.340. The number of hydrogen-bond acceptors (Lipinski definition) is 1. The molecule has 86 valence electrons. The molecule has 1 aliphatic heterocycles. The third kappa shape index (κ3) is 1.63. The number of halogens is 1. The van der Waals surface area contributed by atoms with Crippen molar-refractivity contribution in [3.8, 4) is 0 Å². The van der Waals surface area contributed by atoms with Crippen LogP contribution >= 0.6 is 15.9 Å². The van der Waals surface area contributed by atoms with Crippen LogP contribution in [0.2, 0.25) is 0 Å². The third-order valence-electron chi connectivity index (χ3n) is 4.30. The molecule has 0 aromatic heterocycles. The van der Waals surface area contributed by atoms with Crippen LogP contribution in [0.1, 0.15) is 31.4 Å². The molecule has 3 rings (SSSR count). The fraction of sp³-hybridized carbons (Fsp3) is 0.571. The Bertz CT molecular complexity index is 364. The van der Waals surface area contributed by atoms with Crippen LogP contribution in [0.15, 0.2) is 30.3 Å². The number of rotatable bonds is 2. The minimum absolute atomic E-state index is 0.566. The van der Waals surface area contributed by atoms with E-state index in [2.05, 4.69) is 58.1 Å². The molecule has 1 saturated heterocycles. The number of benzene rings is 1. The number of fused-ring (bicyclic) bond motifs is 2. The van der Waals surface area contributed by atoms with Crippen LogP contribution in [0.25, 0.3) is 0 Å². The average Bonchev–Trinajstić information content (AvgIpc) is 2.85. The first-order valence-electron chi connectivity index (χ1n) is 6.22. The van der Waals surface area contributed by atoms with E-state index in [-0.39, 0.29) is 0 Å². The largest absolute Gasteiger partial charge is 0.292 e. The molecule has 2 aliphatic rings. The second-order valence-electron chi connectivity index (χ2n) is 5.13. The van der Waals surface area contributed by atoms with E-state index in [1.165, 1.54) is 24.9 Å². The number of likely N-dealkylation sites (tertiary alicyclic amines) is 1. The number of piperidine rings is 1. The molecule has 0 N–H and O–H groups in total. The molecule has 1 aromatic carbocycles. The molecule has 0 radical (unpaired) electrons. The average molecular weight is 280 g/mol. The van der Waals surface area contributed by atoms with Crippen molar-refractivity contribution in [2.24, 2.45) is 5.92 Å². The summed E-state index contributed by atoms with van der Waals surface area (Å²) in [5, 5.41) is 0. The summed E-state index contributed by atoms with van der Waals surface area (Å²) in [7, 11) is 0. The van der Waals surface area contributed by atoms with Gasteiger partial charge in [-0.05, 0) is 31.2 Å². The summed E-state index contributed by atoms with van der Waals surface area (Å²) >= 11 is 3.87. The predicted octanol–water partition coefficient (Wildman–Crippen LogP) is 3.61. The maximum Gasteiger partial charge on any atom is 0.0342 e. The van der Waals surface area contributed by atoms with Crippen LogP contribution in [-0.4, -0.2) is 22.3 Å². The summed E-state index contributed by atoms with van der Waals surface area (Å²) in [6.07, 6.45) is 2.79. The molecule has 2 unspecified atom stereocenters. The third-order valence-corrected chi connectivity index (χ3v) is 5.66. The van der Waals surface area contributed by atoms with E-state index in [4.69, 9.17) is 0 Å². The van der Waals surface area contributed by atoms with Crippen LogP contribution in [0.3, 0.4) is 0 Å². The molecule has 2 bridgehead atoms. The van der Waals surface area contributed by atoms with Crippen LogP contribution in [0.5, 0.6) is 0 Å². The van der Waals surface area contributed by atoms with E-state index in [0.717, 1.165) is 16.8 Å². The molecule has 1 aliphatic carbocycles. The molecular formula is C14H18BrN. The van der Waals surface area contributed by atoms with Gasteiger partial charge in [-0.1, -0.05) is 46.3 Å². The van der Waals surface area contributed by atoms with Crippen molar-refractivity contribution in [3.05, 3.63) is 35.9 Å². The molecular weight excluding hydrogens is 262 g/mol. The van der Waals surface area contributed by atoms with E-state index >= 15 is 0 Å². The first-order chi connectivity index (χ1) is 7.77. The van der Waals surface area contributed by atoms with Crippen molar-refractivity contribution in [1.82, 2.24) is 4.90 Å². The lowest BCUT2D eigenvalue weighted by atomic mass is 10.0. The smallest absolute Gasteiger partial charge is 0.0342 e. The van der Waals surface area contributed by atoms with Crippen molar-refractivity contribution in [1.29, 1.82) is 0 Å². The van der Waals surface area contributed by atoms with Gasteiger partial charge in [-0.3, -0.25) is 4.90 Å². The fourth-order valence-corrected chi connectivity index (χ4v) is 4.33. The predicted molar refractivity (Wildman–Crippen MR) is 70.8 cm³/mol. The summed E-state index contributed by atoms with van der Waals surface area (Å²) in [6, 6.07) is 12.2. The van der Waals surface area contributed by atoms with Gasteiger partial charge in [-0.2, -0.15) is 0 Å². The lowest BCUT2D eigenvalue weighted by Crippen LogP contribution is -2.35.